The van der Waals surface area contributed by atoms with Crippen LogP contribution < -0.4 is 0 Å². The Kier molecular flexibility index (Phi) is 8.55. The minimum atomic E-state index is -2.55. The summed E-state index contributed by atoms with van der Waals surface area (Å²) >= 11 is 0. The third-order valence-corrected chi connectivity index (χ3v) is 0.155. The first kappa shape index (κ1) is 11.1. The molecular formula is C2CsF2O2. The summed E-state index contributed by atoms with van der Waals surface area (Å²) in [5, 5.41) is 0. The maximum atomic E-state index is 10.5. The molecule has 0 unspecified atom stereocenters. The van der Waals surface area contributed by atoms with E-state index >= 15 is 0 Å². The normalized spacial score (nSPS) is 6.57. The molecule has 0 atom stereocenters. The van der Waals surface area contributed by atoms with Gasteiger partial charge >= 0.3 is 12.1 Å². The summed E-state index contributed by atoms with van der Waals surface area (Å²) in [6.45, 7) is 0. The summed E-state index contributed by atoms with van der Waals surface area (Å²) < 4.78 is 20.9. The molecule has 1 radical (unpaired) electrons. The molecule has 0 aliphatic heterocycles. The molecule has 0 aliphatic carbocycles. The van der Waals surface area contributed by atoms with Gasteiger partial charge in [-0.05, 0) is 0 Å². The van der Waals surface area contributed by atoms with E-state index in [2.05, 4.69) is 0 Å². The quantitative estimate of drug-likeness (QED) is 0.451. The van der Waals surface area contributed by atoms with Gasteiger partial charge < -0.3 is 0 Å². The molecule has 0 amide bonds. The second-order valence-corrected chi connectivity index (χ2v) is 0.547. The van der Waals surface area contributed by atoms with Crippen LogP contribution in [-0.4, -0.2) is 81.0 Å². The van der Waals surface area contributed by atoms with Gasteiger partial charge in [0.15, 0.2) is 0 Å². The third kappa shape index (κ3) is 7.25. The van der Waals surface area contributed by atoms with E-state index in [0.717, 1.165) is 0 Å². The molecule has 0 N–H and O–H groups in total. The molecule has 0 aromatic carbocycles. The van der Waals surface area contributed by atoms with Crippen molar-refractivity contribution in [3.8, 4) is 0 Å². The van der Waals surface area contributed by atoms with Crippen LogP contribution >= 0.6 is 0 Å². The van der Waals surface area contributed by atoms with Crippen LogP contribution in [0.2, 0.25) is 0 Å². The molecule has 0 saturated heterocycles. The molecule has 0 aliphatic rings. The maximum Gasteiger partial charge on any atom is 0.401 e. The van der Waals surface area contributed by atoms with Crippen molar-refractivity contribution < 1.29 is 18.4 Å². The molecule has 0 rings (SSSR count). The Hall–Kier alpha value is 1.25. The fraction of sp³-hybridized carbons (Fsp3) is 0. The third-order valence-electron chi connectivity index (χ3n) is 0.155. The van der Waals surface area contributed by atoms with E-state index in [1.54, 1.807) is 0 Å². The molecule has 0 aromatic rings. The smallest absolute Gasteiger partial charge is 0.249 e. The van der Waals surface area contributed by atoms with Crippen molar-refractivity contribution in [1.82, 2.24) is 0 Å². The summed E-state index contributed by atoms with van der Waals surface area (Å²) in [5.74, 6) is 0. The summed E-state index contributed by atoms with van der Waals surface area (Å²) in [6, 6.07) is -5.09. The van der Waals surface area contributed by atoms with Gasteiger partial charge in [-0.15, -0.1) is 0 Å². The molecule has 7 heavy (non-hydrogen) atoms. The first-order valence-electron chi connectivity index (χ1n) is 1.04. The van der Waals surface area contributed by atoms with Crippen LogP contribution in [0.4, 0.5) is 8.78 Å². The summed E-state index contributed by atoms with van der Waals surface area (Å²) in [4.78, 5) is 17.5. The topological polar surface area (TPSA) is 34.1 Å². The Morgan fingerprint density at radius 2 is 1.14 bits per heavy atom. The molecule has 0 bridgehead atoms. The number of carbonyl (C=O) groups excluding carboxylic acids is 2. The number of carbonyl (C=O) groups is 2. The zero-order chi connectivity index (χ0) is 5.15. The van der Waals surface area contributed by atoms with Crippen LogP contribution in [0.3, 0.4) is 0 Å². The Morgan fingerprint density at radius 3 is 1.14 bits per heavy atom. The molecule has 0 aromatic heterocycles. The monoisotopic (exact) mass is 227 g/mol. The van der Waals surface area contributed by atoms with Gasteiger partial charge in [0.1, 0.15) is 0 Å². The van der Waals surface area contributed by atoms with Gasteiger partial charge in [0.25, 0.3) is 0 Å². The van der Waals surface area contributed by atoms with Crippen molar-refractivity contribution in [2.24, 2.45) is 0 Å². The van der Waals surface area contributed by atoms with Crippen LogP contribution in [0.15, 0.2) is 0 Å². The number of hydrogen-bond donors (Lipinski definition) is 0. The molecule has 0 saturated carbocycles. The Balaban J connectivity index is 0. The van der Waals surface area contributed by atoms with Gasteiger partial charge in [0, 0.05) is 68.9 Å². The Labute approximate surface area is 97.1 Å². The SMILES string of the molecule is O=C(F)C(=O)F.[Cs]. The van der Waals surface area contributed by atoms with Gasteiger partial charge in [-0.3, -0.25) is 0 Å². The first-order chi connectivity index (χ1) is 2.64. The van der Waals surface area contributed by atoms with E-state index in [-0.39, 0.29) is 68.9 Å². The van der Waals surface area contributed by atoms with Crippen molar-refractivity contribution in [1.29, 1.82) is 0 Å². The predicted octanol–water partition coefficient (Wildman–Crippen LogP) is -0.402. The van der Waals surface area contributed by atoms with Gasteiger partial charge in [-0.2, -0.15) is 8.78 Å². The fourth-order valence-corrected chi connectivity index (χ4v) is 0. The first-order valence-corrected chi connectivity index (χ1v) is 1.04. The second-order valence-electron chi connectivity index (χ2n) is 0.547. The van der Waals surface area contributed by atoms with E-state index in [0.29, 0.717) is 0 Å². The van der Waals surface area contributed by atoms with Crippen molar-refractivity contribution in [2.45, 2.75) is 0 Å². The fourth-order valence-electron chi connectivity index (χ4n) is 0. The minimum Gasteiger partial charge on any atom is -0.249 e. The summed E-state index contributed by atoms with van der Waals surface area (Å²) in [5.41, 5.74) is 0. The summed E-state index contributed by atoms with van der Waals surface area (Å²) in [7, 11) is 0. The van der Waals surface area contributed by atoms with Crippen molar-refractivity contribution in [3.05, 3.63) is 0 Å². The molecule has 35 valence electrons. The zero-order valence-electron chi connectivity index (χ0n) is 3.57. The molecule has 5 heteroatoms. The average molecular weight is 227 g/mol. The predicted molar refractivity (Wildman–Crippen MR) is 18.0 cm³/mol. The Bertz CT molecular complexity index is 79.7. The van der Waals surface area contributed by atoms with Crippen molar-refractivity contribution in [3.63, 3.8) is 0 Å². The average Bonchev–Trinajstić information content (AvgIpc) is 1.36. The number of rotatable bonds is 1. The summed E-state index contributed by atoms with van der Waals surface area (Å²) in [6.07, 6.45) is 0. The van der Waals surface area contributed by atoms with Gasteiger partial charge in [0.05, 0.1) is 0 Å². The van der Waals surface area contributed by atoms with Crippen LogP contribution in [-0.2, 0) is 9.59 Å². The van der Waals surface area contributed by atoms with Crippen LogP contribution in [0.5, 0.6) is 0 Å². The second kappa shape index (κ2) is 5.39. The minimum absolute atomic E-state index is 0. The number of hydrogen-bond acceptors (Lipinski definition) is 2. The maximum absolute atomic E-state index is 10.5. The number of halogens is 2. The van der Waals surface area contributed by atoms with E-state index in [1.165, 1.54) is 0 Å². The largest absolute Gasteiger partial charge is 0.401 e. The van der Waals surface area contributed by atoms with Gasteiger partial charge in [-0.25, -0.2) is 9.59 Å². The van der Waals surface area contributed by atoms with Crippen LogP contribution in [0.1, 0.15) is 0 Å². The van der Waals surface area contributed by atoms with Crippen molar-refractivity contribution >= 4 is 81.0 Å². The molecule has 2 nitrogen and oxygen atoms in total. The standard InChI is InChI=1S/C2F2O2.Cs/c3-1(5)2(4)6;. The Morgan fingerprint density at radius 1 is 1.00 bits per heavy atom. The van der Waals surface area contributed by atoms with Crippen LogP contribution in [0.25, 0.3) is 0 Å². The van der Waals surface area contributed by atoms with E-state index < -0.39 is 12.1 Å². The molecule has 0 fully saturated rings. The molecule has 0 spiro atoms. The van der Waals surface area contributed by atoms with Gasteiger partial charge in [0.2, 0.25) is 0 Å². The van der Waals surface area contributed by atoms with E-state index in [4.69, 9.17) is 9.59 Å². The van der Waals surface area contributed by atoms with E-state index in [9.17, 15) is 8.78 Å². The van der Waals surface area contributed by atoms with Crippen LogP contribution in [0, 0.1) is 0 Å². The van der Waals surface area contributed by atoms with Gasteiger partial charge in [-0.1, -0.05) is 0 Å². The molecular weight excluding hydrogens is 227 g/mol. The molecule has 0 heterocycles. The zero-order valence-corrected chi connectivity index (χ0v) is 9.85. The van der Waals surface area contributed by atoms with E-state index in [1.807, 2.05) is 0 Å². The van der Waals surface area contributed by atoms with Crippen molar-refractivity contribution in [2.75, 3.05) is 0 Å².